The second-order valence-electron chi connectivity index (χ2n) is 4.42. The summed E-state index contributed by atoms with van der Waals surface area (Å²) in [5.41, 5.74) is 0. The molecular weight excluding hydrogens is 212 g/mol. The van der Waals surface area contributed by atoms with Gasteiger partial charge >= 0.3 is 0 Å². The van der Waals surface area contributed by atoms with Crippen LogP contribution < -0.4 is 0 Å². The molecule has 0 bridgehead atoms. The Morgan fingerprint density at radius 1 is 1.64 bits per heavy atom. The van der Waals surface area contributed by atoms with Crippen LogP contribution in [0, 0.1) is 0 Å². The molecule has 0 amide bonds. The topological polar surface area (TPSA) is 26.3 Å². The predicted molar refractivity (Wildman–Crippen MR) is 65.2 cm³/mol. The van der Waals surface area contributed by atoms with Gasteiger partial charge in [0, 0.05) is 22.1 Å². The molecule has 1 fully saturated rings. The summed E-state index contributed by atoms with van der Waals surface area (Å²) < 4.78 is 5.81. The van der Waals surface area contributed by atoms with Crippen LogP contribution in [0.15, 0.2) is 0 Å². The highest BCUT2D eigenvalue weighted by atomic mass is 32.1. The summed E-state index contributed by atoms with van der Waals surface area (Å²) in [5, 5.41) is 0.0423. The summed E-state index contributed by atoms with van der Waals surface area (Å²) in [4.78, 5) is 11.0. The van der Waals surface area contributed by atoms with Gasteiger partial charge in [-0.3, -0.25) is 4.79 Å². The Morgan fingerprint density at radius 3 is 2.86 bits per heavy atom. The molecule has 1 rings (SSSR count). The van der Waals surface area contributed by atoms with E-state index >= 15 is 0 Å². The van der Waals surface area contributed by atoms with Gasteiger partial charge < -0.3 is 4.74 Å². The average molecular weight is 232 g/mol. The first-order chi connectivity index (χ1) is 6.53. The number of thiol groups is 1. The molecule has 0 saturated carbocycles. The van der Waals surface area contributed by atoms with E-state index in [0.29, 0.717) is 0 Å². The molecule has 0 radical (unpaired) electrons. The number of hydrogen-bond acceptors (Lipinski definition) is 3. The second-order valence-corrected chi connectivity index (χ2v) is 6.87. The SMILES string of the molecule is CC(=O)C(S)CCC1([SiH3])CCCCO1. The summed E-state index contributed by atoms with van der Waals surface area (Å²) in [7, 11) is 1.06. The van der Waals surface area contributed by atoms with E-state index in [-0.39, 0.29) is 16.3 Å². The molecular formula is C10H20O2SSi. The van der Waals surface area contributed by atoms with Crippen LogP contribution in [0.3, 0.4) is 0 Å². The molecule has 0 N–H and O–H groups in total. The molecule has 2 nitrogen and oxygen atoms in total. The maximum absolute atomic E-state index is 11.0. The van der Waals surface area contributed by atoms with E-state index in [0.717, 1.165) is 29.7 Å². The van der Waals surface area contributed by atoms with Crippen LogP contribution in [0.2, 0.25) is 0 Å². The van der Waals surface area contributed by atoms with Crippen molar-refractivity contribution < 1.29 is 9.53 Å². The highest BCUT2D eigenvalue weighted by Gasteiger charge is 2.28. The molecule has 1 saturated heterocycles. The zero-order chi connectivity index (χ0) is 10.6. The third-order valence-electron chi connectivity index (χ3n) is 2.97. The quantitative estimate of drug-likeness (QED) is 0.576. The van der Waals surface area contributed by atoms with Crippen molar-refractivity contribution in [1.82, 2.24) is 0 Å². The molecule has 0 aromatic carbocycles. The third kappa shape index (κ3) is 3.75. The van der Waals surface area contributed by atoms with Gasteiger partial charge in [0.25, 0.3) is 0 Å². The largest absolute Gasteiger partial charge is 0.380 e. The molecule has 2 atom stereocenters. The van der Waals surface area contributed by atoms with E-state index in [1.165, 1.54) is 19.3 Å². The minimum absolute atomic E-state index is 0.0913. The van der Waals surface area contributed by atoms with Gasteiger partial charge in [0.15, 0.2) is 0 Å². The molecule has 0 aliphatic carbocycles. The van der Waals surface area contributed by atoms with Crippen LogP contribution in [0.25, 0.3) is 0 Å². The average Bonchev–Trinajstić information content (AvgIpc) is 2.15. The standard InChI is InChI=1S/C10H20O2SSi/c1-8(11)9(13)4-6-10(14)5-2-3-7-12-10/h9,13H,2-7H2,1,14H3. The summed E-state index contributed by atoms with van der Waals surface area (Å²) in [5.74, 6) is 0.175. The number of carbonyl (C=O) groups is 1. The van der Waals surface area contributed by atoms with Crippen LogP contribution >= 0.6 is 12.6 Å². The lowest BCUT2D eigenvalue weighted by Gasteiger charge is -2.34. The summed E-state index contributed by atoms with van der Waals surface area (Å²) in [6, 6.07) is 0. The van der Waals surface area contributed by atoms with Gasteiger partial charge in [-0.15, -0.1) is 0 Å². The minimum atomic E-state index is -0.0913. The highest BCUT2D eigenvalue weighted by molar-refractivity contribution is 7.81. The maximum Gasteiger partial charge on any atom is 0.142 e. The Morgan fingerprint density at radius 2 is 2.36 bits per heavy atom. The first-order valence-electron chi connectivity index (χ1n) is 5.36. The van der Waals surface area contributed by atoms with Gasteiger partial charge in [-0.05, 0) is 39.0 Å². The van der Waals surface area contributed by atoms with Gasteiger partial charge in [0.05, 0.1) is 5.25 Å². The Balaban J connectivity index is 2.31. The van der Waals surface area contributed by atoms with E-state index in [4.69, 9.17) is 4.74 Å². The van der Waals surface area contributed by atoms with E-state index in [1.54, 1.807) is 6.92 Å². The lowest BCUT2D eigenvalue weighted by molar-refractivity contribution is -0.116. The molecule has 0 aromatic rings. The van der Waals surface area contributed by atoms with Gasteiger partial charge in [-0.25, -0.2) is 0 Å². The first kappa shape index (κ1) is 12.3. The zero-order valence-electron chi connectivity index (χ0n) is 9.08. The van der Waals surface area contributed by atoms with Crippen LogP contribution in [0.5, 0.6) is 0 Å². The van der Waals surface area contributed by atoms with Gasteiger partial charge in [-0.2, -0.15) is 12.6 Å². The summed E-state index contributed by atoms with van der Waals surface area (Å²) in [6.07, 6.45) is 5.52. The van der Waals surface area contributed by atoms with Crippen LogP contribution in [0.1, 0.15) is 39.0 Å². The van der Waals surface area contributed by atoms with Crippen molar-refractivity contribution in [2.75, 3.05) is 6.61 Å². The second kappa shape index (κ2) is 5.33. The fourth-order valence-corrected chi connectivity index (χ4v) is 2.81. The molecule has 1 aliphatic heterocycles. The van der Waals surface area contributed by atoms with E-state index in [1.807, 2.05) is 0 Å². The Bertz CT molecular complexity index is 202. The molecule has 0 aromatic heterocycles. The number of rotatable bonds is 4. The first-order valence-corrected chi connectivity index (χ1v) is 6.88. The van der Waals surface area contributed by atoms with Crippen LogP contribution in [-0.4, -0.2) is 33.1 Å². The fourth-order valence-electron chi connectivity index (χ4n) is 1.83. The van der Waals surface area contributed by atoms with Crippen molar-refractivity contribution in [3.05, 3.63) is 0 Å². The number of ketones is 1. The van der Waals surface area contributed by atoms with Crippen molar-refractivity contribution >= 4 is 28.7 Å². The van der Waals surface area contributed by atoms with E-state index < -0.39 is 0 Å². The normalized spacial score (nSPS) is 30.1. The molecule has 0 spiro atoms. The number of Topliss-reactive ketones (excluding diaryl/α,β-unsaturated/α-hetero) is 1. The summed E-state index contributed by atoms with van der Waals surface area (Å²) in [6.45, 7) is 2.51. The minimum Gasteiger partial charge on any atom is -0.380 e. The fraction of sp³-hybridized carbons (Fsp3) is 0.900. The Hall–Kier alpha value is 0.197. The van der Waals surface area contributed by atoms with Crippen molar-refractivity contribution in [2.45, 2.75) is 49.5 Å². The van der Waals surface area contributed by atoms with Crippen molar-refractivity contribution in [3.63, 3.8) is 0 Å². The van der Waals surface area contributed by atoms with Crippen LogP contribution in [-0.2, 0) is 9.53 Å². The highest BCUT2D eigenvalue weighted by Crippen LogP contribution is 2.27. The molecule has 1 aliphatic rings. The van der Waals surface area contributed by atoms with Gasteiger partial charge in [0.2, 0.25) is 0 Å². The van der Waals surface area contributed by atoms with Gasteiger partial charge in [-0.1, -0.05) is 0 Å². The smallest absolute Gasteiger partial charge is 0.142 e. The molecule has 4 heteroatoms. The van der Waals surface area contributed by atoms with Crippen molar-refractivity contribution in [1.29, 1.82) is 0 Å². The molecule has 14 heavy (non-hydrogen) atoms. The number of carbonyl (C=O) groups excluding carboxylic acids is 1. The van der Waals surface area contributed by atoms with E-state index in [9.17, 15) is 4.79 Å². The van der Waals surface area contributed by atoms with Gasteiger partial charge in [0.1, 0.15) is 5.78 Å². The summed E-state index contributed by atoms with van der Waals surface area (Å²) >= 11 is 4.27. The lowest BCUT2D eigenvalue weighted by Crippen LogP contribution is -2.37. The molecule has 1 heterocycles. The monoisotopic (exact) mass is 232 g/mol. The number of hydrogen-bond donors (Lipinski definition) is 1. The maximum atomic E-state index is 11.0. The Labute approximate surface area is 94.6 Å². The number of ether oxygens (including phenoxy) is 1. The Kier molecular flexibility index (Phi) is 4.67. The van der Waals surface area contributed by atoms with E-state index in [2.05, 4.69) is 12.6 Å². The van der Waals surface area contributed by atoms with Crippen molar-refractivity contribution in [3.8, 4) is 0 Å². The molecule has 2 unspecified atom stereocenters. The predicted octanol–water partition coefficient (Wildman–Crippen LogP) is 0.916. The van der Waals surface area contributed by atoms with Crippen LogP contribution in [0.4, 0.5) is 0 Å². The third-order valence-corrected chi connectivity index (χ3v) is 4.88. The lowest BCUT2D eigenvalue weighted by atomic mass is 10.0. The zero-order valence-corrected chi connectivity index (χ0v) is 12.0. The van der Waals surface area contributed by atoms with Crippen molar-refractivity contribution in [2.24, 2.45) is 0 Å². The molecule has 82 valence electrons.